The number of rotatable bonds is 5. The van der Waals surface area contributed by atoms with E-state index in [1.165, 1.54) is 0 Å². The number of hydrogen-bond donors (Lipinski definition) is 0. The molecule has 1 aliphatic rings. The zero-order valence-electron chi connectivity index (χ0n) is 22.3. The fraction of sp³-hybridized carbons (Fsp3) is 0.481. The average molecular weight is 599 g/mol. The molecule has 0 saturated heterocycles. The molecule has 2 atom stereocenters. The Hall–Kier alpha value is -3.45. The van der Waals surface area contributed by atoms with Crippen molar-refractivity contribution in [2.24, 2.45) is 0 Å². The van der Waals surface area contributed by atoms with E-state index in [0.717, 1.165) is 34.9 Å². The van der Waals surface area contributed by atoms with E-state index in [1.807, 2.05) is 0 Å². The molecule has 0 radical (unpaired) electrons. The first-order valence-electron chi connectivity index (χ1n) is 12.5. The van der Waals surface area contributed by atoms with E-state index in [1.54, 1.807) is 20.8 Å². The molecule has 1 aliphatic heterocycles. The van der Waals surface area contributed by atoms with E-state index in [-0.39, 0.29) is 30.2 Å². The lowest BCUT2D eigenvalue weighted by molar-refractivity contribution is -0.143. The second-order valence-electron chi connectivity index (χ2n) is 9.95. The fourth-order valence-corrected chi connectivity index (χ4v) is 4.80. The maximum Gasteiger partial charge on any atom is 0.416 e. The molecule has 14 heteroatoms. The van der Waals surface area contributed by atoms with Gasteiger partial charge in [0.05, 0.1) is 34.5 Å². The van der Waals surface area contributed by atoms with Crippen LogP contribution in [-0.4, -0.2) is 29.0 Å². The maximum absolute atomic E-state index is 13.7. The molecular weight excluding hydrogens is 571 g/mol. The van der Waals surface area contributed by atoms with Crippen LogP contribution in [0.25, 0.3) is 0 Å². The van der Waals surface area contributed by atoms with Crippen LogP contribution in [0.2, 0.25) is 0 Å². The van der Waals surface area contributed by atoms with Gasteiger partial charge in [0.1, 0.15) is 0 Å². The molecule has 0 aliphatic carbocycles. The number of fused-ring (bicyclic) bond motifs is 1. The summed E-state index contributed by atoms with van der Waals surface area (Å²) in [5.41, 5.74) is -4.99. The molecule has 0 N–H and O–H groups in total. The molecule has 0 saturated carbocycles. The molecule has 226 valence electrons. The number of halogens is 9. The van der Waals surface area contributed by atoms with Crippen LogP contribution >= 0.6 is 0 Å². The monoisotopic (exact) mass is 598 g/mol. The minimum Gasteiger partial charge on any atom is -0.446 e. The van der Waals surface area contributed by atoms with Crippen molar-refractivity contribution in [3.05, 3.63) is 64.2 Å². The summed E-state index contributed by atoms with van der Waals surface area (Å²) in [5, 5.41) is 0. The van der Waals surface area contributed by atoms with E-state index in [9.17, 15) is 49.1 Å². The third kappa shape index (κ3) is 7.25. The summed E-state index contributed by atoms with van der Waals surface area (Å²) >= 11 is 0. The quantitative estimate of drug-likeness (QED) is 0.325. The van der Waals surface area contributed by atoms with Gasteiger partial charge >= 0.3 is 24.6 Å². The van der Waals surface area contributed by atoms with Crippen LogP contribution in [0.15, 0.2) is 36.4 Å². The Bertz CT molecular complexity index is 1250. The Morgan fingerprint density at radius 3 is 1.88 bits per heavy atom. The van der Waals surface area contributed by atoms with Crippen LogP contribution in [0.1, 0.15) is 74.4 Å². The number of benzene rings is 2. The average Bonchev–Trinajstić information content (AvgIpc) is 2.83. The number of hydrogen-bond acceptors (Lipinski definition) is 3. The molecule has 0 bridgehead atoms. The number of carbonyl (C=O) groups is 2. The highest BCUT2D eigenvalue weighted by molar-refractivity contribution is 5.91. The number of ether oxygens (including phenoxy) is 1. The second-order valence-corrected chi connectivity index (χ2v) is 9.95. The summed E-state index contributed by atoms with van der Waals surface area (Å²) in [5.74, 6) is -0.808. The highest BCUT2D eigenvalue weighted by Gasteiger charge is 2.42. The minimum absolute atomic E-state index is 0.0157. The third-order valence-electron chi connectivity index (χ3n) is 6.62. The summed E-state index contributed by atoms with van der Waals surface area (Å²) < 4.78 is 127. The first kappa shape index (κ1) is 32.1. The lowest BCUT2D eigenvalue weighted by Gasteiger charge is -2.44. The molecule has 0 fully saturated rings. The van der Waals surface area contributed by atoms with E-state index >= 15 is 0 Å². The van der Waals surface area contributed by atoms with Gasteiger partial charge in [-0.15, -0.1) is 0 Å². The molecule has 0 aromatic heterocycles. The van der Waals surface area contributed by atoms with E-state index in [4.69, 9.17) is 4.74 Å². The Kier molecular flexibility index (Phi) is 8.95. The molecule has 2 aromatic rings. The van der Waals surface area contributed by atoms with Gasteiger partial charge in [0.2, 0.25) is 5.91 Å². The number of nitrogens with zero attached hydrogens (tertiary/aromatic N) is 2. The summed E-state index contributed by atoms with van der Waals surface area (Å²) in [4.78, 5) is 27.9. The first-order chi connectivity index (χ1) is 18.7. The van der Waals surface area contributed by atoms with Gasteiger partial charge < -0.3 is 9.64 Å². The SMILES string of the molecule is CCC1CC(N(Cc2cc(C(F)(F)F)cc(C(F)(F)F)c2)C(C)=O)c2cc(C(F)(F)F)ccc2N1C(=O)OC(C)C. The molecule has 2 amide bonds. The van der Waals surface area contributed by atoms with Crippen molar-refractivity contribution in [3.8, 4) is 0 Å². The van der Waals surface area contributed by atoms with Gasteiger partial charge in [0.25, 0.3) is 0 Å². The Morgan fingerprint density at radius 1 is 0.902 bits per heavy atom. The lowest BCUT2D eigenvalue weighted by Crippen LogP contribution is -2.49. The van der Waals surface area contributed by atoms with Gasteiger partial charge in [-0.3, -0.25) is 9.69 Å². The van der Waals surface area contributed by atoms with Gasteiger partial charge in [-0.25, -0.2) is 4.79 Å². The van der Waals surface area contributed by atoms with E-state index in [2.05, 4.69) is 0 Å². The smallest absolute Gasteiger partial charge is 0.416 e. The van der Waals surface area contributed by atoms with E-state index in [0.29, 0.717) is 12.1 Å². The van der Waals surface area contributed by atoms with Crippen LogP contribution in [-0.2, 0) is 34.6 Å². The topological polar surface area (TPSA) is 49.9 Å². The van der Waals surface area contributed by atoms with Gasteiger partial charge in [0.15, 0.2) is 0 Å². The molecule has 3 rings (SSSR count). The van der Waals surface area contributed by atoms with Gasteiger partial charge in [-0.1, -0.05) is 6.92 Å². The molecule has 41 heavy (non-hydrogen) atoms. The largest absolute Gasteiger partial charge is 0.446 e. The second kappa shape index (κ2) is 11.4. The normalized spacial score (nSPS) is 17.9. The third-order valence-corrected chi connectivity index (χ3v) is 6.62. The van der Waals surface area contributed by atoms with Crippen LogP contribution < -0.4 is 4.90 Å². The Morgan fingerprint density at radius 2 is 1.44 bits per heavy atom. The summed E-state index contributed by atoms with van der Waals surface area (Å²) in [6.07, 6.45) is -16.4. The van der Waals surface area contributed by atoms with Crippen LogP contribution in [0.4, 0.5) is 50.0 Å². The van der Waals surface area contributed by atoms with Crippen LogP contribution in [0, 0.1) is 0 Å². The van der Waals surface area contributed by atoms with Crippen LogP contribution in [0.3, 0.4) is 0 Å². The number of carbonyl (C=O) groups excluding carboxylic acids is 2. The highest BCUT2D eigenvalue weighted by atomic mass is 19.4. The molecule has 1 heterocycles. The summed E-state index contributed by atoms with van der Waals surface area (Å²) in [6.45, 7) is 5.05. The van der Waals surface area contributed by atoms with Gasteiger partial charge in [0, 0.05) is 19.5 Å². The summed E-state index contributed by atoms with van der Waals surface area (Å²) in [6, 6.07) is 1.44. The van der Waals surface area contributed by atoms with Crippen molar-refractivity contribution in [2.45, 2.75) is 83.8 Å². The predicted molar refractivity (Wildman–Crippen MR) is 130 cm³/mol. The molecule has 2 unspecified atom stereocenters. The van der Waals surface area contributed by atoms with E-state index < -0.39 is 77.5 Å². The molecule has 2 aromatic carbocycles. The zero-order chi connectivity index (χ0) is 31.1. The van der Waals surface area contributed by atoms with Gasteiger partial charge in [-0.05, 0) is 74.2 Å². The molecule has 5 nitrogen and oxygen atoms in total. The van der Waals surface area contributed by atoms with Crippen molar-refractivity contribution in [2.75, 3.05) is 4.90 Å². The number of anilines is 1. The molecule has 0 spiro atoms. The first-order valence-corrected chi connectivity index (χ1v) is 12.5. The highest BCUT2D eigenvalue weighted by Crippen LogP contribution is 2.45. The van der Waals surface area contributed by atoms with Crippen LogP contribution in [0.5, 0.6) is 0 Å². The van der Waals surface area contributed by atoms with Gasteiger partial charge in [-0.2, -0.15) is 39.5 Å². The zero-order valence-corrected chi connectivity index (χ0v) is 22.3. The standard InChI is InChI=1S/C27H27F9N2O3/c1-5-20-12-23(21-11-17(25(28,29)30)6-7-22(21)38(20)24(40)41-14(2)3)37(15(4)39)13-16-8-18(26(31,32)33)10-19(9-16)27(34,35)36/h6-11,14,20,23H,5,12-13H2,1-4H3. The summed E-state index contributed by atoms with van der Waals surface area (Å²) in [7, 11) is 0. The number of alkyl halides is 9. The van der Waals surface area contributed by atoms with Crippen molar-refractivity contribution >= 4 is 17.7 Å². The maximum atomic E-state index is 13.7. The van der Waals surface area contributed by atoms with Crippen molar-refractivity contribution in [3.63, 3.8) is 0 Å². The van der Waals surface area contributed by atoms with Crippen molar-refractivity contribution < 1.29 is 53.8 Å². The number of amides is 2. The Labute approximate surface area is 229 Å². The predicted octanol–water partition coefficient (Wildman–Crippen LogP) is 8.37. The Balaban J connectivity index is 2.20. The fourth-order valence-electron chi connectivity index (χ4n) is 4.80. The molecular formula is C27H27F9N2O3. The minimum atomic E-state index is -5.14. The lowest BCUT2D eigenvalue weighted by atomic mass is 9.87. The van der Waals surface area contributed by atoms with Crippen molar-refractivity contribution in [1.29, 1.82) is 0 Å². The van der Waals surface area contributed by atoms with Crippen molar-refractivity contribution in [1.82, 2.24) is 4.90 Å².